The van der Waals surface area contributed by atoms with Gasteiger partial charge in [0.2, 0.25) is 0 Å². The third-order valence-corrected chi connectivity index (χ3v) is 6.71. The van der Waals surface area contributed by atoms with E-state index in [1.165, 1.54) is 0 Å². The van der Waals surface area contributed by atoms with Crippen molar-refractivity contribution in [2.45, 2.75) is 31.6 Å². The molecule has 94 valence electrons. The van der Waals surface area contributed by atoms with Gasteiger partial charge in [-0.15, -0.1) is 0 Å². The number of rotatable bonds is 4. The average molecular weight is 317 g/mol. The summed E-state index contributed by atoms with van der Waals surface area (Å²) in [5.41, 5.74) is 1.95. The zero-order valence-corrected chi connectivity index (χ0v) is 12.6. The van der Waals surface area contributed by atoms with Gasteiger partial charge < -0.3 is 0 Å². The van der Waals surface area contributed by atoms with Gasteiger partial charge in [-0.1, -0.05) is 33.6 Å². The van der Waals surface area contributed by atoms with Crippen molar-refractivity contribution in [3.8, 4) is 0 Å². The molecule has 2 nitrogen and oxygen atoms in total. The molecule has 1 aromatic carbocycles. The Labute approximate surface area is 111 Å². The highest BCUT2D eigenvalue weighted by Gasteiger charge is 2.45. The first-order valence-corrected chi connectivity index (χ1v) is 8.52. The van der Waals surface area contributed by atoms with Crippen LogP contribution in [0.15, 0.2) is 23.1 Å². The van der Waals surface area contributed by atoms with Crippen LogP contribution in [0.1, 0.15) is 24.0 Å². The van der Waals surface area contributed by atoms with Gasteiger partial charge in [-0.3, -0.25) is 0 Å². The van der Waals surface area contributed by atoms with Crippen LogP contribution in [0.25, 0.3) is 0 Å². The molecule has 2 rings (SSSR count). The van der Waals surface area contributed by atoms with Gasteiger partial charge in [-0.25, -0.2) is 8.42 Å². The second-order valence-corrected chi connectivity index (χ2v) is 7.68. The molecule has 0 aliphatic heterocycles. The van der Waals surface area contributed by atoms with Crippen LogP contribution in [-0.4, -0.2) is 19.5 Å². The second kappa shape index (κ2) is 4.39. The third-order valence-electron chi connectivity index (χ3n) is 3.40. The topological polar surface area (TPSA) is 34.1 Å². The predicted molar refractivity (Wildman–Crippen MR) is 73.4 cm³/mol. The van der Waals surface area contributed by atoms with E-state index < -0.39 is 9.84 Å². The van der Waals surface area contributed by atoms with E-state index in [1.54, 1.807) is 6.07 Å². The maximum Gasteiger partial charge on any atom is 0.179 e. The van der Waals surface area contributed by atoms with Gasteiger partial charge in [0.05, 0.1) is 10.6 Å². The number of sulfone groups is 1. The molecular formula is C13H17BrO2S. The van der Waals surface area contributed by atoms with E-state index >= 15 is 0 Å². The molecule has 0 radical (unpaired) electrons. The zero-order chi connectivity index (χ0) is 12.7. The van der Waals surface area contributed by atoms with Crippen LogP contribution in [0.4, 0.5) is 0 Å². The Morgan fingerprint density at radius 3 is 2.41 bits per heavy atom. The van der Waals surface area contributed by atoms with E-state index in [-0.39, 0.29) is 11.2 Å². The number of alkyl halides is 1. The Bertz CT molecular complexity index is 530. The number of halogens is 1. The number of hydrogen-bond donors (Lipinski definition) is 0. The smallest absolute Gasteiger partial charge is 0.179 e. The van der Waals surface area contributed by atoms with Crippen molar-refractivity contribution < 1.29 is 8.42 Å². The van der Waals surface area contributed by atoms with E-state index in [1.807, 2.05) is 26.0 Å². The second-order valence-electron chi connectivity index (χ2n) is 5.16. The minimum atomic E-state index is -3.15. The van der Waals surface area contributed by atoms with Gasteiger partial charge in [0.1, 0.15) is 0 Å². The van der Waals surface area contributed by atoms with Gasteiger partial charge >= 0.3 is 0 Å². The number of aryl methyl sites for hydroxylation is 2. The van der Waals surface area contributed by atoms with Crippen LogP contribution in [0, 0.1) is 19.3 Å². The first-order valence-electron chi connectivity index (χ1n) is 5.75. The fourth-order valence-electron chi connectivity index (χ4n) is 2.12. The molecule has 0 atom stereocenters. The van der Waals surface area contributed by atoms with Crippen LogP contribution in [0.3, 0.4) is 0 Å². The monoisotopic (exact) mass is 316 g/mol. The van der Waals surface area contributed by atoms with Gasteiger partial charge in [0, 0.05) is 5.33 Å². The molecule has 1 fully saturated rings. The lowest BCUT2D eigenvalue weighted by molar-refractivity contribution is 0.571. The van der Waals surface area contributed by atoms with E-state index in [4.69, 9.17) is 0 Å². The van der Waals surface area contributed by atoms with Crippen molar-refractivity contribution >= 4 is 25.8 Å². The summed E-state index contributed by atoms with van der Waals surface area (Å²) in [6.45, 7) is 3.85. The molecule has 1 aliphatic rings. The van der Waals surface area contributed by atoms with Crippen molar-refractivity contribution in [2.24, 2.45) is 5.41 Å². The molecular weight excluding hydrogens is 300 g/mol. The Kier molecular flexibility index (Phi) is 3.38. The maximum atomic E-state index is 12.4. The minimum absolute atomic E-state index is 0.00381. The molecule has 1 aromatic rings. The summed E-state index contributed by atoms with van der Waals surface area (Å²) in [5.74, 6) is 0.273. The zero-order valence-electron chi connectivity index (χ0n) is 10.2. The van der Waals surface area contributed by atoms with E-state index in [2.05, 4.69) is 15.9 Å². The molecule has 0 aromatic heterocycles. The Morgan fingerprint density at radius 2 is 1.94 bits per heavy atom. The standard InChI is InChI=1S/C13H17BrO2S/c1-10-3-4-12(11(2)7-10)17(15,16)9-13(8-14)5-6-13/h3-4,7H,5-6,8-9H2,1-2H3. The largest absolute Gasteiger partial charge is 0.224 e. The summed E-state index contributed by atoms with van der Waals surface area (Å²) in [7, 11) is -3.15. The van der Waals surface area contributed by atoms with Gasteiger partial charge in [-0.2, -0.15) is 0 Å². The normalized spacial score (nSPS) is 18.1. The highest BCUT2D eigenvalue weighted by molar-refractivity contribution is 9.09. The molecule has 1 saturated carbocycles. The lowest BCUT2D eigenvalue weighted by Crippen LogP contribution is -2.19. The summed E-state index contributed by atoms with van der Waals surface area (Å²) >= 11 is 3.42. The van der Waals surface area contributed by atoms with E-state index in [9.17, 15) is 8.42 Å². The average Bonchev–Trinajstić information content (AvgIpc) is 2.97. The summed E-state index contributed by atoms with van der Waals surface area (Å²) in [4.78, 5) is 0.496. The fraction of sp³-hybridized carbons (Fsp3) is 0.538. The summed E-state index contributed by atoms with van der Waals surface area (Å²) in [5, 5.41) is 0.782. The Morgan fingerprint density at radius 1 is 1.29 bits per heavy atom. The predicted octanol–water partition coefficient (Wildman–Crippen LogP) is 3.25. The first-order chi connectivity index (χ1) is 7.88. The van der Waals surface area contributed by atoms with Crippen molar-refractivity contribution in [3.05, 3.63) is 29.3 Å². The summed E-state index contributed by atoms with van der Waals surface area (Å²) < 4.78 is 24.7. The molecule has 17 heavy (non-hydrogen) atoms. The molecule has 0 bridgehead atoms. The first kappa shape index (κ1) is 13.1. The number of benzene rings is 1. The minimum Gasteiger partial charge on any atom is -0.224 e. The van der Waals surface area contributed by atoms with E-state index in [0.29, 0.717) is 4.90 Å². The summed E-state index contributed by atoms with van der Waals surface area (Å²) in [6, 6.07) is 5.54. The highest BCUT2D eigenvalue weighted by atomic mass is 79.9. The van der Waals surface area contributed by atoms with Crippen LogP contribution >= 0.6 is 15.9 Å². The van der Waals surface area contributed by atoms with Crippen LogP contribution in [0.5, 0.6) is 0 Å². The molecule has 0 amide bonds. The molecule has 0 spiro atoms. The molecule has 0 N–H and O–H groups in total. The maximum absolute atomic E-state index is 12.4. The van der Waals surface area contributed by atoms with Crippen molar-refractivity contribution in [2.75, 3.05) is 11.1 Å². The summed E-state index contributed by atoms with van der Waals surface area (Å²) in [6.07, 6.45) is 2.03. The molecule has 1 aliphatic carbocycles. The lowest BCUT2D eigenvalue weighted by Gasteiger charge is -2.14. The SMILES string of the molecule is Cc1ccc(S(=O)(=O)CC2(CBr)CC2)c(C)c1. The third kappa shape index (κ3) is 2.74. The van der Waals surface area contributed by atoms with Gasteiger partial charge in [0.15, 0.2) is 9.84 Å². The quantitative estimate of drug-likeness (QED) is 0.799. The Hall–Kier alpha value is -0.350. The lowest BCUT2D eigenvalue weighted by atomic mass is 10.2. The molecule has 0 unspecified atom stereocenters. The van der Waals surface area contributed by atoms with Gasteiger partial charge in [0.25, 0.3) is 0 Å². The highest BCUT2D eigenvalue weighted by Crippen LogP contribution is 2.49. The van der Waals surface area contributed by atoms with Crippen molar-refractivity contribution in [1.82, 2.24) is 0 Å². The fourth-order valence-corrected chi connectivity index (χ4v) is 5.32. The molecule has 0 heterocycles. The number of hydrogen-bond acceptors (Lipinski definition) is 2. The Balaban J connectivity index is 2.32. The van der Waals surface area contributed by atoms with Crippen molar-refractivity contribution in [3.63, 3.8) is 0 Å². The van der Waals surface area contributed by atoms with Gasteiger partial charge in [-0.05, 0) is 43.7 Å². The van der Waals surface area contributed by atoms with Crippen LogP contribution in [0.2, 0.25) is 0 Å². The van der Waals surface area contributed by atoms with Crippen molar-refractivity contribution in [1.29, 1.82) is 0 Å². The van der Waals surface area contributed by atoms with E-state index in [0.717, 1.165) is 29.3 Å². The van der Waals surface area contributed by atoms with Crippen LogP contribution in [-0.2, 0) is 9.84 Å². The molecule has 0 saturated heterocycles. The van der Waals surface area contributed by atoms with Crippen LogP contribution < -0.4 is 0 Å². The molecule has 4 heteroatoms.